The fourth-order valence-electron chi connectivity index (χ4n) is 2.59. The smallest absolute Gasteiger partial charge is 0.262 e. The molecule has 0 saturated carbocycles. The lowest BCUT2D eigenvalue weighted by Gasteiger charge is -2.26. The molecule has 1 aliphatic heterocycles. The van der Waals surface area contributed by atoms with E-state index in [-0.39, 0.29) is 41.1 Å². The number of halogens is 2. The maximum atomic E-state index is 13.1. The average Bonchev–Trinajstić information content (AvgIpc) is 2.69. The largest absolute Gasteiger partial charge is 0.484 e. The van der Waals surface area contributed by atoms with Gasteiger partial charge in [0.1, 0.15) is 11.6 Å². The van der Waals surface area contributed by atoms with Crippen molar-refractivity contribution in [1.29, 1.82) is 0 Å². The Hall–Kier alpha value is -2.20. The molecule has 0 unspecified atom stereocenters. The van der Waals surface area contributed by atoms with Crippen molar-refractivity contribution < 1.29 is 27.1 Å². The average molecular weight is 429 g/mol. The normalized spacial score (nSPS) is 15.2. The molecule has 0 aliphatic carbocycles. The number of carbonyl (C=O) groups is 1. The van der Waals surface area contributed by atoms with Gasteiger partial charge in [-0.1, -0.05) is 17.7 Å². The second kappa shape index (κ2) is 8.87. The number of hydrogen-bond acceptors (Lipinski definition) is 5. The van der Waals surface area contributed by atoms with Gasteiger partial charge >= 0.3 is 0 Å². The molecule has 2 aromatic carbocycles. The predicted octanol–water partition coefficient (Wildman–Crippen LogP) is 2.52. The van der Waals surface area contributed by atoms with Gasteiger partial charge in [-0.2, -0.15) is 4.31 Å². The summed E-state index contributed by atoms with van der Waals surface area (Å²) in [6.45, 7) is 0.782. The number of hydrogen-bond donors (Lipinski definition) is 1. The molecule has 1 aliphatic rings. The van der Waals surface area contributed by atoms with Crippen molar-refractivity contribution in [2.24, 2.45) is 0 Å². The lowest BCUT2D eigenvalue weighted by molar-refractivity contribution is -0.118. The van der Waals surface area contributed by atoms with Crippen molar-refractivity contribution in [3.8, 4) is 5.75 Å². The first kappa shape index (κ1) is 20.5. The monoisotopic (exact) mass is 428 g/mol. The van der Waals surface area contributed by atoms with E-state index < -0.39 is 21.7 Å². The molecule has 7 nitrogen and oxygen atoms in total. The molecular formula is C18H18ClFN2O5S. The number of rotatable bonds is 6. The van der Waals surface area contributed by atoms with Gasteiger partial charge in [0.2, 0.25) is 10.0 Å². The van der Waals surface area contributed by atoms with E-state index in [1.165, 1.54) is 40.7 Å². The molecule has 1 heterocycles. The standard InChI is InChI=1S/C18H18ClFN2O5S/c19-16-5-4-15(28(24,25)22-6-8-26-9-7-22)11-17(16)21-18(23)12-27-14-3-1-2-13(20)10-14/h1-5,10-11H,6-9,12H2,(H,21,23). The van der Waals surface area contributed by atoms with E-state index in [1.54, 1.807) is 0 Å². The van der Waals surface area contributed by atoms with Crippen LogP contribution in [0.15, 0.2) is 47.4 Å². The number of nitrogens with zero attached hydrogens (tertiary/aromatic N) is 1. The second-order valence-corrected chi connectivity index (χ2v) is 8.30. The van der Waals surface area contributed by atoms with Gasteiger partial charge in [-0.15, -0.1) is 0 Å². The van der Waals surface area contributed by atoms with Crippen molar-refractivity contribution in [3.05, 3.63) is 53.3 Å². The molecule has 10 heteroatoms. The van der Waals surface area contributed by atoms with Gasteiger partial charge in [0.05, 0.1) is 28.8 Å². The second-order valence-electron chi connectivity index (χ2n) is 5.95. The highest BCUT2D eigenvalue weighted by molar-refractivity contribution is 7.89. The number of ether oxygens (including phenoxy) is 2. The van der Waals surface area contributed by atoms with Crippen LogP contribution in [0.5, 0.6) is 5.75 Å². The number of anilines is 1. The molecule has 150 valence electrons. The van der Waals surface area contributed by atoms with Crippen LogP contribution in [-0.2, 0) is 19.6 Å². The van der Waals surface area contributed by atoms with Crippen LogP contribution in [0.3, 0.4) is 0 Å². The van der Waals surface area contributed by atoms with Crippen molar-refractivity contribution >= 4 is 33.2 Å². The van der Waals surface area contributed by atoms with Crippen LogP contribution in [0, 0.1) is 5.82 Å². The number of benzene rings is 2. The molecule has 1 fully saturated rings. The fourth-order valence-corrected chi connectivity index (χ4v) is 4.19. The lowest BCUT2D eigenvalue weighted by atomic mass is 10.3. The summed E-state index contributed by atoms with van der Waals surface area (Å²) >= 11 is 6.08. The van der Waals surface area contributed by atoms with Crippen LogP contribution in [0.4, 0.5) is 10.1 Å². The Morgan fingerprint density at radius 2 is 1.96 bits per heavy atom. The summed E-state index contributed by atoms with van der Waals surface area (Å²) in [5.41, 5.74) is 0.142. The zero-order valence-corrected chi connectivity index (χ0v) is 16.3. The molecule has 0 spiro atoms. The quantitative estimate of drug-likeness (QED) is 0.764. The first-order valence-corrected chi connectivity index (χ1v) is 10.2. The zero-order valence-electron chi connectivity index (χ0n) is 14.7. The van der Waals surface area contributed by atoms with Gasteiger partial charge in [-0.05, 0) is 30.3 Å². The van der Waals surface area contributed by atoms with Crippen molar-refractivity contribution in [2.45, 2.75) is 4.90 Å². The molecule has 0 atom stereocenters. The van der Waals surface area contributed by atoms with Crippen LogP contribution >= 0.6 is 11.6 Å². The van der Waals surface area contributed by atoms with Gasteiger partial charge < -0.3 is 14.8 Å². The van der Waals surface area contributed by atoms with E-state index in [0.717, 1.165) is 6.07 Å². The Bertz CT molecular complexity index is 964. The van der Waals surface area contributed by atoms with Crippen molar-refractivity contribution in [3.63, 3.8) is 0 Å². The first-order valence-electron chi connectivity index (χ1n) is 8.42. The molecule has 1 saturated heterocycles. The highest BCUT2D eigenvalue weighted by Crippen LogP contribution is 2.27. The SMILES string of the molecule is O=C(COc1cccc(F)c1)Nc1cc(S(=O)(=O)N2CCOCC2)ccc1Cl. The van der Waals surface area contributed by atoms with Gasteiger partial charge in [-0.25, -0.2) is 12.8 Å². The summed E-state index contributed by atoms with van der Waals surface area (Å²) in [5, 5.41) is 2.69. The third kappa shape index (κ3) is 4.99. The van der Waals surface area contributed by atoms with E-state index in [0.29, 0.717) is 13.2 Å². The minimum absolute atomic E-state index is 0.0140. The Balaban J connectivity index is 1.70. The lowest BCUT2D eigenvalue weighted by Crippen LogP contribution is -2.40. The molecule has 0 radical (unpaired) electrons. The number of nitrogens with one attached hydrogen (secondary N) is 1. The highest BCUT2D eigenvalue weighted by Gasteiger charge is 2.27. The van der Waals surface area contributed by atoms with E-state index in [2.05, 4.69) is 5.32 Å². The van der Waals surface area contributed by atoms with Crippen LogP contribution in [0.1, 0.15) is 0 Å². The van der Waals surface area contributed by atoms with E-state index in [4.69, 9.17) is 21.1 Å². The molecular weight excluding hydrogens is 411 g/mol. The molecule has 0 bridgehead atoms. The van der Waals surface area contributed by atoms with Crippen LogP contribution in [0.25, 0.3) is 0 Å². The highest BCUT2D eigenvalue weighted by atomic mass is 35.5. The van der Waals surface area contributed by atoms with Gasteiger partial charge in [0, 0.05) is 19.2 Å². The van der Waals surface area contributed by atoms with E-state index in [1.807, 2.05) is 0 Å². The number of morpholine rings is 1. The molecule has 3 rings (SSSR count). The summed E-state index contributed by atoms with van der Waals surface area (Å²) in [6.07, 6.45) is 0. The predicted molar refractivity (Wildman–Crippen MR) is 102 cm³/mol. The van der Waals surface area contributed by atoms with Crippen molar-refractivity contribution in [2.75, 3.05) is 38.2 Å². The van der Waals surface area contributed by atoms with Crippen LogP contribution in [-0.4, -0.2) is 51.5 Å². The van der Waals surface area contributed by atoms with E-state index >= 15 is 0 Å². The van der Waals surface area contributed by atoms with Gasteiger partial charge in [0.25, 0.3) is 5.91 Å². The van der Waals surface area contributed by atoms with E-state index in [9.17, 15) is 17.6 Å². The molecule has 1 amide bonds. The summed E-state index contributed by atoms with van der Waals surface area (Å²) in [7, 11) is -3.73. The number of carbonyl (C=O) groups excluding carboxylic acids is 1. The minimum atomic E-state index is -3.73. The molecule has 2 aromatic rings. The van der Waals surface area contributed by atoms with Crippen LogP contribution in [0.2, 0.25) is 5.02 Å². The Morgan fingerprint density at radius 1 is 1.21 bits per heavy atom. The zero-order chi connectivity index (χ0) is 20.1. The molecule has 28 heavy (non-hydrogen) atoms. The maximum Gasteiger partial charge on any atom is 0.262 e. The third-order valence-electron chi connectivity index (χ3n) is 3.99. The van der Waals surface area contributed by atoms with Crippen molar-refractivity contribution in [1.82, 2.24) is 4.31 Å². The Labute approximate surface area is 167 Å². The molecule has 0 aromatic heterocycles. The maximum absolute atomic E-state index is 13.1. The summed E-state index contributed by atoms with van der Waals surface area (Å²) in [5.74, 6) is -0.848. The summed E-state index contributed by atoms with van der Waals surface area (Å²) < 4.78 is 50.3. The first-order chi connectivity index (χ1) is 13.4. The number of sulfonamides is 1. The van der Waals surface area contributed by atoms with Gasteiger partial charge in [0.15, 0.2) is 6.61 Å². The third-order valence-corrected chi connectivity index (χ3v) is 6.21. The Kier molecular flexibility index (Phi) is 6.50. The topological polar surface area (TPSA) is 84.9 Å². The minimum Gasteiger partial charge on any atom is -0.484 e. The Morgan fingerprint density at radius 3 is 2.68 bits per heavy atom. The number of amides is 1. The molecule has 1 N–H and O–H groups in total. The summed E-state index contributed by atoms with van der Waals surface area (Å²) in [6, 6.07) is 9.46. The fraction of sp³-hybridized carbons (Fsp3) is 0.278. The van der Waals surface area contributed by atoms with Gasteiger partial charge in [-0.3, -0.25) is 4.79 Å². The summed E-state index contributed by atoms with van der Waals surface area (Å²) in [4.78, 5) is 12.1. The van der Waals surface area contributed by atoms with Crippen LogP contribution < -0.4 is 10.1 Å².